The van der Waals surface area contributed by atoms with Crippen LogP contribution in [0, 0.1) is 11.3 Å². The highest BCUT2D eigenvalue weighted by molar-refractivity contribution is 7.95. The number of hydrogen-bond donors (Lipinski definition) is 0. The van der Waals surface area contributed by atoms with Gasteiger partial charge in [-0.1, -0.05) is 6.58 Å². The van der Waals surface area contributed by atoms with E-state index in [9.17, 15) is 21.6 Å². The van der Waals surface area contributed by atoms with Crippen molar-refractivity contribution in [2.24, 2.45) is 0 Å². The number of sulfone groups is 1. The lowest BCUT2D eigenvalue weighted by Crippen LogP contribution is -2.06. The SMILES string of the molecule is C=C(C#N)S(=O)(=O)c1ccc(C(F)(F)F)cc1. The molecule has 0 spiro atoms. The van der Waals surface area contributed by atoms with Crippen LogP contribution < -0.4 is 0 Å². The van der Waals surface area contributed by atoms with Crippen molar-refractivity contribution in [1.82, 2.24) is 0 Å². The maximum atomic E-state index is 12.2. The Morgan fingerprint density at radius 3 is 2.06 bits per heavy atom. The fourth-order valence-electron chi connectivity index (χ4n) is 1.03. The molecule has 90 valence electrons. The van der Waals surface area contributed by atoms with Gasteiger partial charge in [0.1, 0.15) is 11.0 Å². The molecule has 0 aliphatic heterocycles. The van der Waals surface area contributed by atoms with E-state index >= 15 is 0 Å². The van der Waals surface area contributed by atoms with Gasteiger partial charge in [-0.3, -0.25) is 0 Å². The van der Waals surface area contributed by atoms with Crippen molar-refractivity contribution in [3.63, 3.8) is 0 Å². The highest BCUT2D eigenvalue weighted by Crippen LogP contribution is 2.30. The van der Waals surface area contributed by atoms with E-state index in [2.05, 4.69) is 6.58 Å². The molecule has 0 N–H and O–H groups in total. The lowest BCUT2D eigenvalue weighted by Gasteiger charge is -2.07. The van der Waals surface area contributed by atoms with Crippen molar-refractivity contribution in [1.29, 1.82) is 5.26 Å². The van der Waals surface area contributed by atoms with Crippen LogP contribution in [0.2, 0.25) is 0 Å². The molecule has 0 fully saturated rings. The molecule has 0 heterocycles. The molecule has 1 aromatic rings. The maximum Gasteiger partial charge on any atom is 0.416 e. The zero-order chi connectivity index (χ0) is 13.3. The van der Waals surface area contributed by atoms with Gasteiger partial charge in [0.2, 0.25) is 9.84 Å². The van der Waals surface area contributed by atoms with Gasteiger partial charge in [0, 0.05) is 0 Å². The summed E-state index contributed by atoms with van der Waals surface area (Å²) < 4.78 is 59.7. The van der Waals surface area contributed by atoms with Gasteiger partial charge in [0.15, 0.2) is 0 Å². The second-order valence-corrected chi connectivity index (χ2v) is 5.03. The van der Waals surface area contributed by atoms with E-state index in [1.165, 1.54) is 6.07 Å². The van der Waals surface area contributed by atoms with Crippen molar-refractivity contribution in [3.05, 3.63) is 41.3 Å². The van der Waals surface area contributed by atoms with Gasteiger partial charge in [-0.2, -0.15) is 18.4 Å². The fraction of sp³-hybridized carbons (Fsp3) is 0.100. The van der Waals surface area contributed by atoms with E-state index < -0.39 is 31.4 Å². The Morgan fingerprint density at radius 2 is 1.71 bits per heavy atom. The molecular formula is C10H6F3NO2S. The first kappa shape index (κ1) is 13.3. The fourth-order valence-corrected chi connectivity index (χ4v) is 1.92. The van der Waals surface area contributed by atoms with E-state index in [0.29, 0.717) is 12.1 Å². The van der Waals surface area contributed by atoms with Crippen molar-refractivity contribution in [2.45, 2.75) is 11.1 Å². The number of benzene rings is 1. The van der Waals surface area contributed by atoms with Crippen LogP contribution in [0.1, 0.15) is 5.56 Å². The largest absolute Gasteiger partial charge is 0.416 e. The number of hydrogen-bond acceptors (Lipinski definition) is 3. The molecule has 17 heavy (non-hydrogen) atoms. The zero-order valence-electron chi connectivity index (χ0n) is 8.32. The summed E-state index contributed by atoms with van der Waals surface area (Å²) in [6.45, 7) is 3.02. The number of allylic oxidation sites excluding steroid dienone is 1. The minimum absolute atomic E-state index is 0.392. The number of halogens is 3. The van der Waals surface area contributed by atoms with Gasteiger partial charge in [0.25, 0.3) is 0 Å². The molecule has 0 aromatic heterocycles. The summed E-state index contributed by atoms with van der Waals surface area (Å²) in [7, 11) is -4.07. The summed E-state index contributed by atoms with van der Waals surface area (Å²) in [4.78, 5) is -1.10. The van der Waals surface area contributed by atoms with E-state index in [0.717, 1.165) is 12.1 Å². The molecule has 3 nitrogen and oxygen atoms in total. The number of nitrogens with zero attached hydrogens (tertiary/aromatic N) is 1. The Labute approximate surface area is 95.7 Å². The predicted octanol–water partition coefficient (Wildman–Crippen LogP) is 2.52. The van der Waals surface area contributed by atoms with E-state index in [4.69, 9.17) is 5.26 Å². The summed E-state index contributed by atoms with van der Waals surface area (Å²) in [5.74, 6) is 0. The van der Waals surface area contributed by atoms with Crippen LogP contribution >= 0.6 is 0 Å². The van der Waals surface area contributed by atoms with Crippen LogP contribution in [-0.4, -0.2) is 8.42 Å². The topological polar surface area (TPSA) is 57.9 Å². The smallest absolute Gasteiger partial charge is 0.218 e. The van der Waals surface area contributed by atoms with Crippen LogP contribution in [0.25, 0.3) is 0 Å². The van der Waals surface area contributed by atoms with Crippen molar-refractivity contribution >= 4 is 9.84 Å². The Kier molecular flexibility index (Phi) is 3.29. The second-order valence-electron chi connectivity index (χ2n) is 3.06. The second kappa shape index (κ2) is 4.22. The van der Waals surface area contributed by atoms with Gasteiger partial charge >= 0.3 is 6.18 Å². The quantitative estimate of drug-likeness (QED) is 0.768. The van der Waals surface area contributed by atoms with Crippen molar-refractivity contribution < 1.29 is 21.6 Å². The summed E-state index contributed by atoms with van der Waals surface area (Å²) in [6.07, 6.45) is -4.53. The molecule has 0 atom stereocenters. The molecule has 0 saturated heterocycles. The molecule has 0 aliphatic carbocycles. The molecule has 1 rings (SSSR count). The Balaban J connectivity index is 3.22. The lowest BCUT2D eigenvalue weighted by molar-refractivity contribution is -0.137. The van der Waals surface area contributed by atoms with Crippen LogP contribution in [0.15, 0.2) is 40.6 Å². The Bertz CT molecular complexity index is 579. The third-order valence-electron chi connectivity index (χ3n) is 1.94. The average Bonchev–Trinajstić information content (AvgIpc) is 2.27. The molecule has 0 saturated carbocycles. The molecule has 1 aromatic carbocycles. The van der Waals surface area contributed by atoms with Crippen LogP contribution in [0.4, 0.5) is 13.2 Å². The lowest BCUT2D eigenvalue weighted by atomic mass is 10.2. The number of rotatable bonds is 2. The van der Waals surface area contributed by atoms with E-state index in [1.54, 1.807) is 0 Å². The molecule has 0 radical (unpaired) electrons. The third-order valence-corrected chi connectivity index (χ3v) is 3.57. The summed E-state index contributed by atoms with van der Waals surface area (Å²) in [6, 6.07) is 4.20. The first-order valence-corrected chi connectivity index (χ1v) is 5.69. The molecule has 0 amide bonds. The van der Waals surface area contributed by atoms with E-state index in [1.807, 2.05) is 0 Å². The van der Waals surface area contributed by atoms with Gasteiger partial charge in [-0.25, -0.2) is 8.42 Å². The summed E-state index contributed by atoms with van der Waals surface area (Å²) in [5.41, 5.74) is -0.959. The predicted molar refractivity (Wildman–Crippen MR) is 53.4 cm³/mol. The highest BCUT2D eigenvalue weighted by atomic mass is 32.2. The van der Waals surface area contributed by atoms with Gasteiger partial charge in [0.05, 0.1) is 10.5 Å². The zero-order valence-corrected chi connectivity index (χ0v) is 9.14. The van der Waals surface area contributed by atoms with Crippen LogP contribution in [0.3, 0.4) is 0 Å². The number of alkyl halides is 3. The standard InChI is InChI=1S/C10H6F3NO2S/c1-7(6-14)17(15,16)9-4-2-8(3-5-9)10(11,12)13/h2-5H,1H2. The molecular weight excluding hydrogens is 255 g/mol. The van der Waals surface area contributed by atoms with Gasteiger partial charge in [-0.15, -0.1) is 0 Å². The van der Waals surface area contributed by atoms with Crippen molar-refractivity contribution in [3.8, 4) is 6.07 Å². The number of nitriles is 1. The molecule has 0 aliphatic rings. The maximum absolute atomic E-state index is 12.2. The Morgan fingerprint density at radius 1 is 1.24 bits per heavy atom. The summed E-state index contributed by atoms with van der Waals surface area (Å²) in [5, 5.41) is 8.41. The van der Waals surface area contributed by atoms with Gasteiger partial charge < -0.3 is 0 Å². The average molecular weight is 261 g/mol. The van der Waals surface area contributed by atoms with Crippen molar-refractivity contribution in [2.75, 3.05) is 0 Å². The van der Waals surface area contributed by atoms with Crippen LogP contribution in [0.5, 0.6) is 0 Å². The first-order valence-electron chi connectivity index (χ1n) is 4.21. The van der Waals surface area contributed by atoms with Gasteiger partial charge in [-0.05, 0) is 24.3 Å². The molecule has 0 unspecified atom stereocenters. The first-order chi connectivity index (χ1) is 7.69. The monoisotopic (exact) mass is 261 g/mol. The van der Waals surface area contributed by atoms with E-state index in [-0.39, 0.29) is 0 Å². The highest BCUT2D eigenvalue weighted by Gasteiger charge is 2.30. The minimum Gasteiger partial charge on any atom is -0.218 e. The summed E-state index contributed by atoms with van der Waals surface area (Å²) >= 11 is 0. The minimum atomic E-state index is -4.53. The molecule has 0 bridgehead atoms. The third kappa shape index (κ3) is 2.65. The molecule has 7 heteroatoms. The normalized spacial score (nSPS) is 11.9. The van der Waals surface area contributed by atoms with Crippen LogP contribution in [-0.2, 0) is 16.0 Å². The Hall–Kier alpha value is -1.81.